The summed E-state index contributed by atoms with van der Waals surface area (Å²) in [7, 11) is 1.64. The van der Waals surface area contributed by atoms with E-state index in [1.165, 1.54) is 11.8 Å². The van der Waals surface area contributed by atoms with Crippen molar-refractivity contribution in [2.24, 2.45) is 0 Å². The summed E-state index contributed by atoms with van der Waals surface area (Å²) in [6.45, 7) is 3.73. The molecule has 8 nitrogen and oxygen atoms in total. The molecular weight excluding hydrogens is 338 g/mol. The number of carbonyl (C=O) groups is 4. The smallest absolute Gasteiger partial charge is 0.267 e. The van der Waals surface area contributed by atoms with Crippen LogP contribution in [0, 0.1) is 0 Å². The number of Topliss-reactive ketones (excluding diaryl/α,β-unsaturated/α-hetero) is 1. The number of nitrogens with zero attached hydrogens (tertiary/aromatic N) is 1. The first kappa shape index (κ1) is 19.4. The maximum atomic E-state index is 12.3. The molecule has 0 saturated heterocycles. The van der Waals surface area contributed by atoms with E-state index < -0.39 is 6.10 Å². The third-order valence-corrected chi connectivity index (χ3v) is 4.02. The van der Waals surface area contributed by atoms with Gasteiger partial charge in [0.2, 0.25) is 11.8 Å². The lowest BCUT2D eigenvalue weighted by Gasteiger charge is -2.30. The highest BCUT2D eigenvalue weighted by atomic mass is 16.5. The van der Waals surface area contributed by atoms with E-state index in [4.69, 9.17) is 4.74 Å². The highest BCUT2D eigenvalue weighted by Crippen LogP contribution is 2.34. The molecule has 1 aliphatic rings. The molecule has 0 radical (unpaired) electrons. The number of carbonyl (C=O) groups excluding carboxylic acids is 4. The molecule has 140 valence electrons. The van der Waals surface area contributed by atoms with E-state index in [1.807, 2.05) is 0 Å². The fourth-order valence-electron chi connectivity index (χ4n) is 2.59. The third kappa shape index (κ3) is 4.81. The normalized spacial score (nSPS) is 15.7. The molecule has 0 fully saturated rings. The lowest BCUT2D eigenvalue weighted by atomic mass is 10.0. The molecule has 1 aliphatic heterocycles. The number of benzene rings is 1. The maximum absolute atomic E-state index is 12.3. The molecule has 2 rings (SSSR count). The second-order valence-corrected chi connectivity index (χ2v) is 6.10. The summed E-state index contributed by atoms with van der Waals surface area (Å²) >= 11 is 0. The van der Waals surface area contributed by atoms with Crippen LogP contribution in [0.2, 0.25) is 0 Å². The first-order chi connectivity index (χ1) is 12.3. The Hall–Kier alpha value is -2.90. The van der Waals surface area contributed by atoms with Crippen LogP contribution >= 0.6 is 0 Å². The van der Waals surface area contributed by atoms with Crippen LogP contribution in [0.4, 0.5) is 5.69 Å². The molecule has 2 N–H and O–H groups in total. The molecular formula is C18H23N3O5. The van der Waals surface area contributed by atoms with Gasteiger partial charge in [-0.05, 0) is 25.1 Å². The van der Waals surface area contributed by atoms with Crippen LogP contribution < -0.4 is 20.3 Å². The van der Waals surface area contributed by atoms with Gasteiger partial charge in [0, 0.05) is 45.5 Å². The Bertz CT molecular complexity index is 732. The Morgan fingerprint density at radius 3 is 2.54 bits per heavy atom. The van der Waals surface area contributed by atoms with E-state index in [2.05, 4.69) is 10.6 Å². The van der Waals surface area contributed by atoms with E-state index in [9.17, 15) is 19.2 Å². The molecule has 0 aromatic heterocycles. The van der Waals surface area contributed by atoms with E-state index in [0.717, 1.165) is 0 Å². The van der Waals surface area contributed by atoms with Gasteiger partial charge >= 0.3 is 0 Å². The number of amides is 3. The minimum absolute atomic E-state index is 0.0539. The molecule has 0 spiro atoms. The van der Waals surface area contributed by atoms with Crippen molar-refractivity contribution < 1.29 is 23.9 Å². The summed E-state index contributed by atoms with van der Waals surface area (Å²) in [5.41, 5.74) is 0.964. The largest absolute Gasteiger partial charge is 0.479 e. The molecule has 0 aliphatic carbocycles. The number of nitrogens with one attached hydrogen (secondary N) is 2. The van der Waals surface area contributed by atoms with Gasteiger partial charge in [-0.1, -0.05) is 0 Å². The Morgan fingerprint density at radius 2 is 1.85 bits per heavy atom. The molecule has 26 heavy (non-hydrogen) atoms. The minimum Gasteiger partial charge on any atom is -0.479 e. The first-order valence-corrected chi connectivity index (χ1v) is 8.42. The van der Waals surface area contributed by atoms with E-state index >= 15 is 0 Å². The fourth-order valence-corrected chi connectivity index (χ4v) is 2.59. The van der Waals surface area contributed by atoms with Gasteiger partial charge in [0.1, 0.15) is 5.75 Å². The lowest BCUT2D eigenvalue weighted by molar-refractivity contribution is -0.125. The highest BCUT2D eigenvalue weighted by Gasteiger charge is 2.29. The number of likely N-dealkylation sites (N-methyl/N-ethyl adjacent to an activating group) is 1. The second-order valence-electron chi connectivity index (χ2n) is 6.10. The molecule has 1 heterocycles. The average molecular weight is 361 g/mol. The Kier molecular flexibility index (Phi) is 6.32. The maximum Gasteiger partial charge on any atom is 0.267 e. The fraction of sp³-hybridized carbons (Fsp3) is 0.444. The summed E-state index contributed by atoms with van der Waals surface area (Å²) in [5.74, 6) is -0.244. The molecule has 3 amide bonds. The molecule has 0 bridgehead atoms. The van der Waals surface area contributed by atoms with E-state index in [-0.39, 0.29) is 36.3 Å². The monoisotopic (exact) mass is 361 g/mol. The molecule has 1 unspecified atom stereocenters. The van der Waals surface area contributed by atoms with Gasteiger partial charge < -0.3 is 20.3 Å². The Balaban J connectivity index is 1.89. The van der Waals surface area contributed by atoms with Crippen LogP contribution in [-0.4, -0.2) is 49.7 Å². The van der Waals surface area contributed by atoms with Gasteiger partial charge in [-0.3, -0.25) is 19.2 Å². The number of ether oxygens (including phenoxy) is 1. The highest BCUT2D eigenvalue weighted by molar-refractivity contribution is 6.03. The molecule has 1 aromatic carbocycles. The predicted octanol–water partition coefficient (Wildman–Crippen LogP) is 0.645. The zero-order valence-electron chi connectivity index (χ0n) is 15.1. The van der Waals surface area contributed by atoms with Crippen LogP contribution in [-0.2, 0) is 14.4 Å². The van der Waals surface area contributed by atoms with Crippen LogP contribution in [0.3, 0.4) is 0 Å². The summed E-state index contributed by atoms with van der Waals surface area (Å²) in [4.78, 5) is 48.2. The topological polar surface area (TPSA) is 105 Å². The van der Waals surface area contributed by atoms with Crippen LogP contribution in [0.25, 0.3) is 0 Å². The zero-order chi connectivity index (χ0) is 19.3. The van der Waals surface area contributed by atoms with Gasteiger partial charge in [-0.2, -0.15) is 0 Å². The first-order valence-electron chi connectivity index (χ1n) is 8.42. The molecule has 1 aromatic rings. The van der Waals surface area contributed by atoms with Crippen molar-refractivity contribution in [1.29, 1.82) is 0 Å². The number of fused-ring (bicyclic) bond motifs is 1. The number of hydrogen-bond acceptors (Lipinski definition) is 5. The van der Waals surface area contributed by atoms with E-state index in [1.54, 1.807) is 32.2 Å². The summed E-state index contributed by atoms with van der Waals surface area (Å²) in [5, 5.41) is 5.20. The zero-order valence-corrected chi connectivity index (χ0v) is 15.1. The minimum atomic E-state index is -0.560. The summed E-state index contributed by atoms with van der Waals surface area (Å²) < 4.78 is 5.52. The van der Waals surface area contributed by atoms with Crippen LogP contribution in [0.15, 0.2) is 18.2 Å². The van der Waals surface area contributed by atoms with E-state index in [0.29, 0.717) is 30.1 Å². The lowest BCUT2D eigenvalue weighted by Crippen LogP contribution is -2.42. The van der Waals surface area contributed by atoms with Crippen molar-refractivity contribution in [3.8, 4) is 5.75 Å². The van der Waals surface area contributed by atoms with Gasteiger partial charge in [0.05, 0.1) is 5.69 Å². The summed E-state index contributed by atoms with van der Waals surface area (Å²) in [6, 6.07) is 4.90. The van der Waals surface area contributed by atoms with Gasteiger partial charge in [-0.15, -0.1) is 0 Å². The predicted molar refractivity (Wildman–Crippen MR) is 95.2 cm³/mol. The SMILES string of the molecule is CC(=O)NCCNC(=O)CCC(=O)c1ccc2c(c1)N(C)C(=O)C(C)O2. The average Bonchev–Trinajstić information content (AvgIpc) is 2.61. The quantitative estimate of drug-likeness (QED) is 0.548. The van der Waals surface area contributed by atoms with Crippen molar-refractivity contribution in [2.45, 2.75) is 32.8 Å². The molecule has 1 atom stereocenters. The van der Waals surface area contributed by atoms with Crippen LogP contribution in [0.1, 0.15) is 37.0 Å². The third-order valence-electron chi connectivity index (χ3n) is 4.02. The number of anilines is 1. The Morgan fingerprint density at radius 1 is 1.15 bits per heavy atom. The van der Waals surface area contributed by atoms with Gasteiger partial charge in [-0.25, -0.2) is 0 Å². The number of ketones is 1. The number of hydrogen-bond donors (Lipinski definition) is 2. The summed E-state index contributed by atoms with van der Waals surface area (Å²) in [6.07, 6.45) is -0.451. The molecule has 0 saturated carbocycles. The molecule has 8 heteroatoms. The van der Waals surface area contributed by atoms with Gasteiger partial charge in [0.15, 0.2) is 11.9 Å². The van der Waals surface area contributed by atoms with Crippen molar-refractivity contribution in [3.05, 3.63) is 23.8 Å². The van der Waals surface area contributed by atoms with Crippen molar-refractivity contribution in [1.82, 2.24) is 10.6 Å². The van der Waals surface area contributed by atoms with Crippen molar-refractivity contribution in [3.63, 3.8) is 0 Å². The second kappa shape index (κ2) is 8.46. The standard InChI is InChI=1S/C18H23N3O5/c1-11-18(25)21(3)14-10-13(4-6-16(14)26-11)15(23)5-7-17(24)20-9-8-19-12(2)22/h4,6,10-11H,5,7-9H2,1-3H3,(H,19,22)(H,20,24). The number of rotatable bonds is 7. The van der Waals surface area contributed by atoms with Crippen molar-refractivity contribution >= 4 is 29.2 Å². The van der Waals surface area contributed by atoms with Crippen LogP contribution in [0.5, 0.6) is 5.75 Å². The van der Waals surface area contributed by atoms with Gasteiger partial charge in [0.25, 0.3) is 5.91 Å². The Labute approximate surface area is 151 Å². The van der Waals surface area contributed by atoms with Crippen molar-refractivity contribution in [2.75, 3.05) is 25.0 Å².